The average molecular weight is 437 g/mol. The number of aromatic hydroxyl groups is 1. The molecule has 0 fully saturated rings. The first kappa shape index (κ1) is 39.2. The van der Waals surface area contributed by atoms with Crippen LogP contribution in [0.2, 0.25) is 0 Å². The van der Waals surface area contributed by atoms with E-state index in [9.17, 15) is 4.79 Å². The summed E-state index contributed by atoms with van der Waals surface area (Å²) < 4.78 is 5.13. The van der Waals surface area contributed by atoms with Gasteiger partial charge in [-0.3, -0.25) is 4.79 Å². The van der Waals surface area contributed by atoms with Gasteiger partial charge < -0.3 is 9.84 Å². The van der Waals surface area contributed by atoms with Gasteiger partial charge in [-0.1, -0.05) is 107 Å². The number of rotatable bonds is 7. The highest BCUT2D eigenvalue weighted by Crippen LogP contribution is 2.12. The molecule has 0 spiro atoms. The topological polar surface area (TPSA) is 46.5 Å². The molecule has 0 amide bonds. The summed E-state index contributed by atoms with van der Waals surface area (Å²) in [5.74, 6) is 1.30. The second kappa shape index (κ2) is 22.4. The fraction of sp³-hybridized carbons (Fsp3) is 0.536. The van der Waals surface area contributed by atoms with E-state index < -0.39 is 0 Å². The van der Waals surface area contributed by atoms with E-state index in [2.05, 4.69) is 52.0 Å². The molecule has 0 aliphatic carbocycles. The van der Waals surface area contributed by atoms with Crippen molar-refractivity contribution in [3.63, 3.8) is 0 Å². The Labute approximate surface area is 194 Å². The van der Waals surface area contributed by atoms with E-state index in [1.807, 2.05) is 6.07 Å². The summed E-state index contributed by atoms with van der Waals surface area (Å²) >= 11 is 0. The maximum absolute atomic E-state index is 11.5. The predicted molar refractivity (Wildman–Crippen MR) is 141 cm³/mol. The van der Waals surface area contributed by atoms with Crippen LogP contribution in [0.5, 0.6) is 5.75 Å². The molecule has 0 unspecified atom stereocenters. The van der Waals surface area contributed by atoms with Crippen LogP contribution in [0.4, 0.5) is 0 Å². The average Bonchev–Trinajstić information content (AvgIpc) is 2.62. The SMILES string of the molecule is C.C.C.C.C.CC(C)CCCOC(=O)Cc1ccc(O)cc1.CC(C)c1ccccc1. The molecular formula is C28H52O3. The zero-order valence-corrected chi connectivity index (χ0v) is 16.4. The lowest BCUT2D eigenvalue weighted by Gasteiger charge is -2.06. The quantitative estimate of drug-likeness (QED) is 0.348. The molecule has 1 N–H and O–H groups in total. The predicted octanol–water partition coefficient (Wildman–Crippen LogP) is 8.90. The number of esters is 1. The van der Waals surface area contributed by atoms with E-state index >= 15 is 0 Å². The Bertz CT molecular complexity index is 616. The fourth-order valence-electron chi connectivity index (χ4n) is 2.35. The molecule has 0 radical (unpaired) electrons. The van der Waals surface area contributed by atoms with E-state index in [1.54, 1.807) is 24.3 Å². The Kier molecular flexibility index (Phi) is 28.3. The monoisotopic (exact) mass is 436 g/mol. The maximum Gasteiger partial charge on any atom is 0.310 e. The highest BCUT2D eigenvalue weighted by Gasteiger charge is 2.05. The molecule has 0 bridgehead atoms. The van der Waals surface area contributed by atoms with Crippen LogP contribution in [0, 0.1) is 5.92 Å². The summed E-state index contributed by atoms with van der Waals surface area (Å²) in [6, 6.07) is 17.1. The van der Waals surface area contributed by atoms with Gasteiger partial charge >= 0.3 is 5.97 Å². The van der Waals surface area contributed by atoms with Crippen molar-refractivity contribution in [2.45, 2.75) is 90.0 Å². The third-order valence-corrected chi connectivity index (χ3v) is 3.94. The zero-order chi connectivity index (χ0) is 19.4. The molecule has 31 heavy (non-hydrogen) atoms. The fourth-order valence-corrected chi connectivity index (χ4v) is 2.35. The first-order valence-electron chi connectivity index (χ1n) is 9.37. The lowest BCUT2D eigenvalue weighted by Crippen LogP contribution is -2.09. The number of carbonyl (C=O) groups excluding carboxylic acids is 1. The number of phenols is 1. The van der Waals surface area contributed by atoms with E-state index in [0.29, 0.717) is 18.4 Å². The normalized spacial score (nSPS) is 8.71. The molecule has 0 saturated carbocycles. The van der Waals surface area contributed by atoms with Crippen LogP contribution in [-0.2, 0) is 16.0 Å². The van der Waals surface area contributed by atoms with E-state index in [4.69, 9.17) is 9.84 Å². The van der Waals surface area contributed by atoms with Crippen LogP contribution in [0.25, 0.3) is 0 Å². The molecule has 0 atom stereocenters. The van der Waals surface area contributed by atoms with Crippen molar-refractivity contribution in [1.82, 2.24) is 0 Å². The van der Waals surface area contributed by atoms with Crippen molar-refractivity contribution in [1.29, 1.82) is 0 Å². The minimum atomic E-state index is -0.209. The molecule has 0 aliphatic heterocycles. The lowest BCUT2D eigenvalue weighted by molar-refractivity contribution is -0.143. The summed E-state index contributed by atoms with van der Waals surface area (Å²) in [4.78, 5) is 11.5. The van der Waals surface area contributed by atoms with Gasteiger partial charge in [0.15, 0.2) is 0 Å². The molecule has 2 aromatic rings. The van der Waals surface area contributed by atoms with Crippen molar-refractivity contribution in [3.05, 3.63) is 65.7 Å². The van der Waals surface area contributed by atoms with Gasteiger partial charge in [0, 0.05) is 0 Å². The van der Waals surface area contributed by atoms with Crippen LogP contribution in [-0.4, -0.2) is 17.7 Å². The molecule has 0 aliphatic rings. The summed E-state index contributed by atoms with van der Waals surface area (Å²) in [5, 5.41) is 9.10. The number of hydrogen-bond acceptors (Lipinski definition) is 3. The summed E-state index contributed by atoms with van der Waals surface area (Å²) in [6.45, 7) is 9.20. The van der Waals surface area contributed by atoms with Crippen LogP contribution in [0.15, 0.2) is 54.6 Å². The molecule has 0 heterocycles. The van der Waals surface area contributed by atoms with Gasteiger partial charge in [-0.15, -0.1) is 0 Å². The van der Waals surface area contributed by atoms with Crippen molar-refractivity contribution in [2.24, 2.45) is 5.92 Å². The van der Waals surface area contributed by atoms with Crippen LogP contribution < -0.4 is 0 Å². The molecular weight excluding hydrogens is 384 g/mol. The highest BCUT2D eigenvalue weighted by molar-refractivity contribution is 5.72. The van der Waals surface area contributed by atoms with E-state index in [0.717, 1.165) is 18.4 Å². The summed E-state index contributed by atoms with van der Waals surface area (Å²) in [7, 11) is 0. The second-order valence-electron chi connectivity index (χ2n) is 7.17. The minimum absolute atomic E-state index is 0. The van der Waals surface area contributed by atoms with Gasteiger partial charge in [-0.2, -0.15) is 0 Å². The van der Waals surface area contributed by atoms with Gasteiger partial charge in [0.05, 0.1) is 13.0 Å². The molecule has 2 rings (SSSR count). The number of benzene rings is 2. The number of hydrogen-bond donors (Lipinski definition) is 1. The highest BCUT2D eigenvalue weighted by atomic mass is 16.5. The van der Waals surface area contributed by atoms with E-state index in [-0.39, 0.29) is 55.3 Å². The standard InChI is InChI=1S/C14H20O3.C9H12.5CH4/c1-11(2)4-3-9-17-14(16)10-12-5-7-13(15)8-6-12;1-8(2)9-6-4-3-5-7-9;;;;;/h5-8,11,15H,3-4,9-10H2,1-2H3;3-8H,1-2H3;5*1H4. The van der Waals surface area contributed by atoms with E-state index in [1.165, 1.54) is 5.56 Å². The summed E-state index contributed by atoms with van der Waals surface area (Å²) in [6.07, 6.45) is 2.26. The van der Waals surface area contributed by atoms with Crippen molar-refractivity contribution in [2.75, 3.05) is 6.61 Å². The van der Waals surface area contributed by atoms with Gasteiger partial charge in [0.25, 0.3) is 0 Å². The van der Waals surface area contributed by atoms with Crippen LogP contribution in [0.1, 0.15) is 94.7 Å². The smallest absolute Gasteiger partial charge is 0.310 e. The van der Waals surface area contributed by atoms with Gasteiger partial charge in [-0.25, -0.2) is 0 Å². The Morgan fingerprint density at radius 2 is 1.35 bits per heavy atom. The maximum atomic E-state index is 11.5. The third-order valence-electron chi connectivity index (χ3n) is 3.94. The Hall–Kier alpha value is -2.29. The Balaban J connectivity index is -0.000000141. The van der Waals surface area contributed by atoms with Crippen LogP contribution in [0.3, 0.4) is 0 Å². The first-order chi connectivity index (χ1) is 12.4. The van der Waals surface area contributed by atoms with Crippen molar-refractivity contribution < 1.29 is 14.6 Å². The van der Waals surface area contributed by atoms with Crippen LogP contribution >= 0.6 is 0 Å². The Morgan fingerprint density at radius 3 is 1.77 bits per heavy atom. The Morgan fingerprint density at radius 1 is 0.839 bits per heavy atom. The molecule has 3 nitrogen and oxygen atoms in total. The number of phenolic OH excluding ortho intramolecular Hbond substituents is 1. The van der Waals surface area contributed by atoms with Crippen molar-refractivity contribution >= 4 is 5.97 Å². The molecule has 0 aromatic heterocycles. The first-order valence-corrected chi connectivity index (χ1v) is 9.37. The second-order valence-corrected chi connectivity index (χ2v) is 7.17. The third kappa shape index (κ3) is 19.4. The molecule has 2 aromatic carbocycles. The van der Waals surface area contributed by atoms with Crippen molar-refractivity contribution in [3.8, 4) is 5.75 Å². The molecule has 3 heteroatoms. The van der Waals surface area contributed by atoms with Gasteiger partial charge in [0.1, 0.15) is 5.75 Å². The minimum Gasteiger partial charge on any atom is -0.508 e. The zero-order valence-electron chi connectivity index (χ0n) is 16.4. The number of carbonyl (C=O) groups is 1. The molecule has 0 saturated heterocycles. The van der Waals surface area contributed by atoms with Gasteiger partial charge in [0.2, 0.25) is 0 Å². The largest absolute Gasteiger partial charge is 0.508 e. The summed E-state index contributed by atoms with van der Waals surface area (Å²) in [5.41, 5.74) is 2.27. The van der Waals surface area contributed by atoms with Gasteiger partial charge in [-0.05, 0) is 47.9 Å². The number of ether oxygens (including phenoxy) is 1. The molecule has 182 valence electrons. The lowest BCUT2D eigenvalue weighted by atomic mass is 10.0.